The fourth-order valence-electron chi connectivity index (χ4n) is 3.38. The molecule has 0 radical (unpaired) electrons. The summed E-state index contributed by atoms with van der Waals surface area (Å²) in [6, 6.07) is 11.4. The Kier molecular flexibility index (Phi) is 3.70. The van der Waals surface area contributed by atoms with Crippen LogP contribution >= 0.6 is 0 Å². The Morgan fingerprint density at radius 3 is 2.68 bits per heavy atom. The van der Waals surface area contributed by atoms with Gasteiger partial charge in [-0.1, -0.05) is 36.4 Å². The van der Waals surface area contributed by atoms with Gasteiger partial charge in [-0.3, -0.25) is 4.90 Å². The van der Waals surface area contributed by atoms with Gasteiger partial charge >= 0.3 is 0 Å². The number of hydrogen-bond donors (Lipinski definition) is 0. The zero-order valence-electron chi connectivity index (χ0n) is 12.4. The van der Waals surface area contributed by atoms with Crippen LogP contribution in [0.4, 0.5) is 0 Å². The van der Waals surface area contributed by atoms with Gasteiger partial charge < -0.3 is 4.74 Å². The first-order valence-electron chi connectivity index (χ1n) is 7.73. The van der Waals surface area contributed by atoms with Crippen LogP contribution in [0.5, 0.6) is 0 Å². The van der Waals surface area contributed by atoms with Gasteiger partial charge in [0.25, 0.3) is 0 Å². The molecule has 0 amide bonds. The summed E-state index contributed by atoms with van der Waals surface area (Å²) in [5.74, 6) is 0. The SMILES string of the molecule is C1=C(c2cncnc2)CC2COCC1N2Cc1ccccc1. The molecule has 2 bridgehead atoms. The Labute approximate surface area is 130 Å². The number of hydrogen-bond acceptors (Lipinski definition) is 4. The fourth-order valence-corrected chi connectivity index (χ4v) is 3.38. The molecule has 0 saturated carbocycles. The van der Waals surface area contributed by atoms with Crippen LogP contribution in [0, 0.1) is 0 Å². The van der Waals surface area contributed by atoms with E-state index in [1.54, 1.807) is 6.33 Å². The van der Waals surface area contributed by atoms with E-state index in [1.165, 1.54) is 11.1 Å². The van der Waals surface area contributed by atoms with Crippen molar-refractivity contribution < 1.29 is 4.74 Å². The van der Waals surface area contributed by atoms with E-state index < -0.39 is 0 Å². The predicted molar refractivity (Wildman–Crippen MR) is 85.0 cm³/mol. The van der Waals surface area contributed by atoms with E-state index in [-0.39, 0.29) is 0 Å². The van der Waals surface area contributed by atoms with Crippen molar-refractivity contribution in [3.63, 3.8) is 0 Å². The molecule has 2 atom stereocenters. The molecule has 0 aliphatic carbocycles. The quantitative estimate of drug-likeness (QED) is 0.871. The van der Waals surface area contributed by atoms with Crippen molar-refractivity contribution in [2.75, 3.05) is 13.2 Å². The van der Waals surface area contributed by atoms with Gasteiger partial charge in [-0.05, 0) is 17.6 Å². The van der Waals surface area contributed by atoms with E-state index in [0.717, 1.165) is 31.7 Å². The third-order valence-electron chi connectivity index (χ3n) is 4.48. The lowest BCUT2D eigenvalue weighted by Crippen LogP contribution is -2.53. The second kappa shape index (κ2) is 5.99. The maximum Gasteiger partial charge on any atom is 0.115 e. The second-order valence-electron chi connectivity index (χ2n) is 5.94. The van der Waals surface area contributed by atoms with Crippen LogP contribution < -0.4 is 0 Å². The van der Waals surface area contributed by atoms with Crippen LogP contribution in [-0.2, 0) is 11.3 Å². The molecular weight excluding hydrogens is 274 g/mol. The maximum atomic E-state index is 5.77. The minimum absolute atomic E-state index is 0.336. The summed E-state index contributed by atoms with van der Waals surface area (Å²) < 4.78 is 5.77. The molecule has 2 aliphatic rings. The molecule has 0 spiro atoms. The van der Waals surface area contributed by atoms with Crippen LogP contribution in [0.15, 0.2) is 55.1 Å². The standard InChI is InChI=1S/C18H19N3O/c1-2-4-14(5-3-1)10-21-17-6-15(7-18(21)12-22-11-17)16-8-19-13-20-9-16/h1-6,8-9,13,17-18H,7,10-12H2. The van der Waals surface area contributed by atoms with Crippen molar-refractivity contribution in [3.8, 4) is 0 Å². The van der Waals surface area contributed by atoms with Crippen molar-refractivity contribution in [2.45, 2.75) is 25.0 Å². The van der Waals surface area contributed by atoms with Crippen LogP contribution in [0.2, 0.25) is 0 Å². The predicted octanol–water partition coefficient (Wildman–Crippen LogP) is 2.53. The van der Waals surface area contributed by atoms with Crippen molar-refractivity contribution in [1.82, 2.24) is 14.9 Å². The average Bonchev–Trinajstić information content (AvgIpc) is 2.56. The van der Waals surface area contributed by atoms with Crippen LogP contribution in [0.1, 0.15) is 17.5 Å². The summed E-state index contributed by atoms with van der Waals surface area (Å²) in [6.45, 7) is 2.55. The molecule has 1 fully saturated rings. The lowest BCUT2D eigenvalue weighted by Gasteiger charge is -2.44. The molecule has 2 aromatic rings. The van der Waals surface area contributed by atoms with Crippen molar-refractivity contribution in [1.29, 1.82) is 0 Å². The van der Waals surface area contributed by atoms with Gasteiger partial charge in [-0.15, -0.1) is 0 Å². The second-order valence-corrected chi connectivity index (χ2v) is 5.94. The zero-order valence-corrected chi connectivity index (χ0v) is 12.4. The molecule has 4 rings (SSSR count). The summed E-state index contributed by atoms with van der Waals surface area (Å²) >= 11 is 0. The number of fused-ring (bicyclic) bond motifs is 2. The topological polar surface area (TPSA) is 38.3 Å². The Morgan fingerprint density at radius 2 is 1.91 bits per heavy atom. The molecule has 2 aliphatic heterocycles. The van der Waals surface area contributed by atoms with Gasteiger partial charge in [-0.25, -0.2) is 9.97 Å². The van der Waals surface area contributed by atoms with Gasteiger partial charge in [-0.2, -0.15) is 0 Å². The van der Waals surface area contributed by atoms with Crippen LogP contribution in [0.25, 0.3) is 5.57 Å². The summed E-state index contributed by atoms with van der Waals surface area (Å²) in [7, 11) is 0. The summed E-state index contributed by atoms with van der Waals surface area (Å²) in [5, 5.41) is 0. The molecule has 4 nitrogen and oxygen atoms in total. The number of nitrogens with zero attached hydrogens (tertiary/aromatic N) is 3. The maximum absolute atomic E-state index is 5.77. The molecule has 4 heteroatoms. The van der Waals surface area contributed by atoms with Gasteiger partial charge in [0, 0.05) is 30.5 Å². The first-order valence-corrected chi connectivity index (χ1v) is 7.73. The Balaban J connectivity index is 1.60. The van der Waals surface area contributed by atoms with Crippen molar-refractivity contribution in [3.05, 3.63) is 66.3 Å². The van der Waals surface area contributed by atoms with E-state index in [0.29, 0.717) is 12.1 Å². The van der Waals surface area contributed by atoms with Gasteiger partial charge in [0.2, 0.25) is 0 Å². The van der Waals surface area contributed by atoms with Crippen molar-refractivity contribution >= 4 is 5.57 Å². The van der Waals surface area contributed by atoms with E-state index in [9.17, 15) is 0 Å². The molecule has 1 aromatic heterocycles. The van der Waals surface area contributed by atoms with Crippen LogP contribution in [-0.4, -0.2) is 40.2 Å². The molecule has 1 aromatic carbocycles. The smallest absolute Gasteiger partial charge is 0.115 e. The van der Waals surface area contributed by atoms with Gasteiger partial charge in [0.05, 0.1) is 19.3 Å². The van der Waals surface area contributed by atoms with Gasteiger partial charge in [0.1, 0.15) is 6.33 Å². The third-order valence-corrected chi connectivity index (χ3v) is 4.48. The molecule has 0 N–H and O–H groups in total. The number of ether oxygens (including phenoxy) is 1. The highest BCUT2D eigenvalue weighted by atomic mass is 16.5. The lowest BCUT2D eigenvalue weighted by atomic mass is 9.90. The Morgan fingerprint density at radius 1 is 1.09 bits per heavy atom. The molecule has 22 heavy (non-hydrogen) atoms. The zero-order chi connectivity index (χ0) is 14.8. The highest BCUT2D eigenvalue weighted by molar-refractivity contribution is 5.66. The normalized spacial score (nSPS) is 24.8. The number of benzene rings is 1. The van der Waals surface area contributed by atoms with E-state index in [2.05, 4.69) is 51.3 Å². The van der Waals surface area contributed by atoms with Crippen LogP contribution in [0.3, 0.4) is 0 Å². The number of morpholine rings is 1. The fraction of sp³-hybridized carbons (Fsp3) is 0.333. The number of aromatic nitrogens is 2. The number of rotatable bonds is 3. The third kappa shape index (κ3) is 2.67. The van der Waals surface area contributed by atoms with E-state index in [1.807, 2.05) is 12.4 Å². The Bertz CT molecular complexity index is 657. The van der Waals surface area contributed by atoms with Crippen molar-refractivity contribution in [2.24, 2.45) is 0 Å². The minimum atomic E-state index is 0.336. The largest absolute Gasteiger partial charge is 0.378 e. The first kappa shape index (κ1) is 13.6. The summed E-state index contributed by atoms with van der Waals surface area (Å²) in [4.78, 5) is 10.8. The highest BCUT2D eigenvalue weighted by Crippen LogP contribution is 2.32. The van der Waals surface area contributed by atoms with E-state index >= 15 is 0 Å². The minimum Gasteiger partial charge on any atom is -0.378 e. The average molecular weight is 293 g/mol. The summed E-state index contributed by atoms with van der Waals surface area (Å²) in [6.07, 6.45) is 8.72. The first-order chi connectivity index (χ1) is 10.9. The molecule has 112 valence electrons. The molecule has 2 unspecified atom stereocenters. The summed E-state index contributed by atoms with van der Waals surface area (Å²) in [5.41, 5.74) is 3.85. The molecule has 1 saturated heterocycles. The molecular formula is C18H19N3O. The van der Waals surface area contributed by atoms with Gasteiger partial charge in [0.15, 0.2) is 0 Å². The highest BCUT2D eigenvalue weighted by Gasteiger charge is 2.34. The van der Waals surface area contributed by atoms with E-state index in [4.69, 9.17) is 4.74 Å². The molecule has 3 heterocycles. The lowest BCUT2D eigenvalue weighted by molar-refractivity contribution is -0.0402. The monoisotopic (exact) mass is 293 g/mol. The Hall–Kier alpha value is -2.04.